The molecule has 6 nitrogen and oxygen atoms in total. The van der Waals surface area contributed by atoms with Crippen molar-refractivity contribution in [2.24, 2.45) is 0 Å². The molecule has 0 unspecified atom stereocenters. The highest BCUT2D eigenvalue weighted by Gasteiger charge is 2.25. The fourth-order valence-electron chi connectivity index (χ4n) is 3.17. The van der Waals surface area contributed by atoms with Crippen LogP contribution in [0.25, 0.3) is 16.6 Å². The van der Waals surface area contributed by atoms with Crippen molar-refractivity contribution in [3.63, 3.8) is 0 Å². The lowest BCUT2D eigenvalue weighted by Crippen LogP contribution is -2.14. The number of halogens is 3. The second kappa shape index (κ2) is 7.55. The Morgan fingerprint density at radius 2 is 1.84 bits per heavy atom. The van der Waals surface area contributed by atoms with Crippen LogP contribution < -0.4 is 5.32 Å². The summed E-state index contributed by atoms with van der Waals surface area (Å²) in [4.78, 5) is 24.5. The molecule has 1 aromatic carbocycles. The Bertz CT molecular complexity index is 1380. The lowest BCUT2D eigenvalue weighted by Gasteiger charge is -2.07. The number of aryl methyl sites for hydroxylation is 2. The summed E-state index contributed by atoms with van der Waals surface area (Å²) in [5, 5.41) is 17.3. The van der Waals surface area contributed by atoms with Gasteiger partial charge >= 0.3 is 5.97 Å². The molecule has 0 saturated carbocycles. The molecule has 4 aromatic rings. The maximum Gasteiger partial charge on any atom is 0.339 e. The molecule has 0 saturated heterocycles. The Kier molecular flexibility index (Phi) is 5.02. The van der Waals surface area contributed by atoms with Crippen molar-refractivity contribution in [2.45, 2.75) is 13.8 Å². The number of fused-ring (bicyclic) bond motifs is 1. The molecule has 1 amide bonds. The van der Waals surface area contributed by atoms with Gasteiger partial charge in [0.15, 0.2) is 17.3 Å². The Labute approximate surface area is 177 Å². The van der Waals surface area contributed by atoms with Gasteiger partial charge in [0.05, 0.1) is 0 Å². The normalized spacial score (nSPS) is 11.1. The largest absolute Gasteiger partial charge is 0.478 e. The summed E-state index contributed by atoms with van der Waals surface area (Å²) in [5.74, 6) is -5.01. The second-order valence-corrected chi connectivity index (χ2v) is 7.78. The molecule has 0 aliphatic heterocycles. The van der Waals surface area contributed by atoms with Crippen molar-refractivity contribution in [2.75, 3.05) is 5.32 Å². The lowest BCUT2D eigenvalue weighted by atomic mass is 10.0. The van der Waals surface area contributed by atoms with Crippen LogP contribution in [0.4, 0.5) is 18.2 Å². The summed E-state index contributed by atoms with van der Waals surface area (Å²) in [6.07, 6.45) is 1.54. The van der Waals surface area contributed by atoms with Gasteiger partial charge in [0, 0.05) is 22.7 Å². The van der Waals surface area contributed by atoms with E-state index in [1.165, 1.54) is 47.3 Å². The van der Waals surface area contributed by atoms with E-state index in [1.54, 1.807) is 6.92 Å². The number of pyridine rings is 1. The monoisotopic (exact) mass is 445 g/mol. The average molecular weight is 445 g/mol. The molecule has 3 aromatic heterocycles. The maximum absolute atomic E-state index is 14.4. The van der Waals surface area contributed by atoms with E-state index in [0.29, 0.717) is 5.56 Å². The van der Waals surface area contributed by atoms with Crippen molar-refractivity contribution < 1.29 is 27.9 Å². The zero-order chi connectivity index (χ0) is 22.4. The molecule has 0 fully saturated rings. The van der Waals surface area contributed by atoms with E-state index in [9.17, 15) is 27.9 Å². The number of carbonyl (C=O) groups is 2. The zero-order valence-corrected chi connectivity index (χ0v) is 17.0. The van der Waals surface area contributed by atoms with Gasteiger partial charge in [-0.1, -0.05) is 12.1 Å². The number of amides is 1. The highest BCUT2D eigenvalue weighted by molar-refractivity contribution is 7.15. The van der Waals surface area contributed by atoms with Crippen LogP contribution in [0.2, 0.25) is 0 Å². The number of thiophene rings is 1. The molecule has 10 heteroatoms. The third-order valence-electron chi connectivity index (χ3n) is 4.69. The first-order chi connectivity index (χ1) is 14.7. The number of nitrogens with zero attached hydrogens (tertiary/aromatic N) is 2. The summed E-state index contributed by atoms with van der Waals surface area (Å²) in [6.45, 7) is 3.06. The van der Waals surface area contributed by atoms with E-state index < -0.39 is 29.3 Å². The first-order valence-electron chi connectivity index (χ1n) is 8.94. The van der Waals surface area contributed by atoms with Crippen LogP contribution in [0, 0.1) is 31.3 Å². The number of hydrogen-bond acceptors (Lipinski definition) is 4. The summed E-state index contributed by atoms with van der Waals surface area (Å²) in [5.41, 5.74) is -0.0593. The van der Waals surface area contributed by atoms with Crippen molar-refractivity contribution >= 4 is 33.7 Å². The third kappa shape index (κ3) is 3.55. The maximum atomic E-state index is 14.4. The average Bonchev–Trinajstić information content (AvgIpc) is 3.31. The summed E-state index contributed by atoms with van der Waals surface area (Å²) >= 11 is 0.843. The van der Waals surface area contributed by atoms with Crippen molar-refractivity contribution in [3.05, 3.63) is 75.7 Å². The molecule has 0 atom stereocenters. The van der Waals surface area contributed by atoms with E-state index in [1.807, 2.05) is 0 Å². The van der Waals surface area contributed by atoms with Crippen LogP contribution in [0.1, 0.15) is 32.0 Å². The van der Waals surface area contributed by atoms with Crippen molar-refractivity contribution in [1.29, 1.82) is 0 Å². The molecule has 0 aliphatic rings. The number of carboxylic acids is 1. The first-order valence-corrected chi connectivity index (χ1v) is 9.82. The van der Waals surface area contributed by atoms with Crippen molar-refractivity contribution in [3.8, 4) is 11.1 Å². The molecule has 0 aliphatic carbocycles. The fraction of sp³-hybridized carbons (Fsp3) is 0.0952. The van der Waals surface area contributed by atoms with Crippen LogP contribution in [-0.2, 0) is 0 Å². The predicted molar refractivity (Wildman–Crippen MR) is 109 cm³/mol. The van der Waals surface area contributed by atoms with E-state index in [4.69, 9.17) is 0 Å². The number of aromatic carboxylic acids is 1. The molecule has 0 radical (unpaired) electrons. The van der Waals surface area contributed by atoms with Gasteiger partial charge in [-0.2, -0.15) is 5.10 Å². The lowest BCUT2D eigenvalue weighted by molar-refractivity contribution is 0.0699. The molecular formula is C21H14F3N3O3S. The number of carbonyl (C=O) groups excluding carboxylic acids is 1. The molecule has 0 spiro atoms. The molecule has 0 bridgehead atoms. The van der Waals surface area contributed by atoms with E-state index in [2.05, 4.69) is 10.4 Å². The number of carboxylic acid groups (broad SMARTS) is 1. The highest BCUT2D eigenvalue weighted by Crippen LogP contribution is 2.38. The summed E-state index contributed by atoms with van der Waals surface area (Å²) in [6, 6.07) is 5.14. The molecular weight excluding hydrogens is 431 g/mol. The Balaban J connectivity index is 1.73. The fourth-order valence-corrected chi connectivity index (χ4v) is 4.12. The van der Waals surface area contributed by atoms with Gasteiger partial charge in [-0.25, -0.2) is 22.5 Å². The van der Waals surface area contributed by atoms with Crippen LogP contribution in [0.15, 0.2) is 35.8 Å². The van der Waals surface area contributed by atoms with E-state index in [-0.39, 0.29) is 38.5 Å². The Morgan fingerprint density at radius 3 is 2.55 bits per heavy atom. The minimum atomic E-state index is -1.43. The summed E-state index contributed by atoms with van der Waals surface area (Å²) < 4.78 is 43.7. The molecule has 3 heterocycles. The van der Waals surface area contributed by atoms with Crippen LogP contribution in [0.3, 0.4) is 0 Å². The number of aromatic nitrogens is 2. The third-order valence-corrected chi connectivity index (χ3v) is 5.59. The smallest absolute Gasteiger partial charge is 0.339 e. The van der Waals surface area contributed by atoms with Gasteiger partial charge in [0.1, 0.15) is 21.9 Å². The minimum absolute atomic E-state index is 0.0686. The van der Waals surface area contributed by atoms with Gasteiger partial charge < -0.3 is 10.4 Å². The highest BCUT2D eigenvalue weighted by atomic mass is 32.1. The zero-order valence-electron chi connectivity index (χ0n) is 16.2. The second-order valence-electron chi connectivity index (χ2n) is 6.90. The SMILES string of the molecule is Cc1cc(F)c2cc(C(=O)Nc3scc(-c4ccc(C)c(F)c4F)c3C(=O)O)nn2c1. The predicted octanol–water partition coefficient (Wildman–Crippen LogP) is 5.05. The van der Waals surface area contributed by atoms with Gasteiger partial charge in [-0.3, -0.25) is 4.79 Å². The van der Waals surface area contributed by atoms with Gasteiger partial charge in [0.25, 0.3) is 5.91 Å². The van der Waals surface area contributed by atoms with Crippen LogP contribution in [0.5, 0.6) is 0 Å². The standard InChI is InChI=1S/C21H14F3N3O3S/c1-9-5-13(22)15-6-14(26-27(15)7-9)19(28)25-20-16(21(29)30)12(8-31-20)11-4-3-10(2)17(23)18(11)24/h3-8H,1-2H3,(H,25,28)(H,29,30). The van der Waals surface area contributed by atoms with Gasteiger partial charge in [-0.05, 0) is 37.1 Å². The van der Waals surface area contributed by atoms with E-state index in [0.717, 1.165) is 11.3 Å². The number of anilines is 1. The van der Waals surface area contributed by atoms with Crippen molar-refractivity contribution in [1.82, 2.24) is 9.61 Å². The summed E-state index contributed by atoms with van der Waals surface area (Å²) in [7, 11) is 0. The Morgan fingerprint density at radius 1 is 1.10 bits per heavy atom. The molecule has 31 heavy (non-hydrogen) atoms. The number of hydrogen-bond donors (Lipinski definition) is 2. The molecule has 4 rings (SSSR count). The van der Waals surface area contributed by atoms with Crippen LogP contribution >= 0.6 is 11.3 Å². The topological polar surface area (TPSA) is 83.7 Å². The van der Waals surface area contributed by atoms with Crippen LogP contribution in [-0.4, -0.2) is 26.6 Å². The minimum Gasteiger partial charge on any atom is -0.478 e. The number of nitrogens with one attached hydrogen (secondary N) is 1. The Hall–Kier alpha value is -3.66. The van der Waals surface area contributed by atoms with Gasteiger partial charge in [0.2, 0.25) is 0 Å². The molecule has 158 valence electrons. The number of benzene rings is 1. The van der Waals surface area contributed by atoms with E-state index >= 15 is 0 Å². The first kappa shape index (κ1) is 20.6. The van der Waals surface area contributed by atoms with Gasteiger partial charge in [-0.15, -0.1) is 11.3 Å². The molecule has 2 N–H and O–H groups in total. The number of rotatable bonds is 4. The quantitative estimate of drug-likeness (QED) is 0.461.